The Kier molecular flexibility index (Phi) is 7.77. The number of hydrogen-bond donors (Lipinski definition) is 1. The summed E-state index contributed by atoms with van der Waals surface area (Å²) in [6.07, 6.45) is 4.27. The second-order valence-electron chi connectivity index (χ2n) is 9.94. The molecule has 6 aromatic rings. The summed E-state index contributed by atoms with van der Waals surface area (Å²) in [6.45, 7) is 0.889. The number of nitrogen functional groups attached to an aromatic ring is 1. The van der Waals surface area contributed by atoms with Gasteiger partial charge in [-0.15, -0.1) is 0 Å². The largest absolute Gasteiger partial charge is 0.489 e. The molecule has 0 saturated heterocycles. The van der Waals surface area contributed by atoms with Gasteiger partial charge in [0.1, 0.15) is 19.0 Å². The molecule has 0 amide bonds. The van der Waals surface area contributed by atoms with E-state index in [1.807, 2.05) is 78.9 Å². The zero-order valence-corrected chi connectivity index (χ0v) is 22.7. The molecule has 0 aliphatic rings. The summed E-state index contributed by atoms with van der Waals surface area (Å²) in [4.78, 5) is 0. The van der Waals surface area contributed by atoms with Crippen LogP contribution in [0.25, 0.3) is 22.9 Å². The van der Waals surface area contributed by atoms with Crippen molar-refractivity contribution in [3.8, 4) is 11.5 Å². The van der Waals surface area contributed by atoms with E-state index >= 15 is 0 Å². The summed E-state index contributed by atoms with van der Waals surface area (Å²) in [6, 6.07) is 47.1. The second-order valence-corrected chi connectivity index (χ2v) is 9.94. The van der Waals surface area contributed by atoms with Crippen molar-refractivity contribution in [2.24, 2.45) is 0 Å². The van der Waals surface area contributed by atoms with Crippen LogP contribution in [0.2, 0.25) is 0 Å². The minimum absolute atomic E-state index is 0.404. The Hall–Kier alpha value is -5.28. The Bertz CT molecular complexity index is 1870. The molecule has 200 valence electrons. The van der Waals surface area contributed by atoms with Gasteiger partial charge in [0.05, 0.1) is 5.69 Å². The lowest BCUT2D eigenvalue weighted by Crippen LogP contribution is -2.21. The van der Waals surface area contributed by atoms with Crippen LogP contribution in [-0.2, 0) is 13.2 Å². The molecule has 0 radical (unpaired) electrons. The van der Waals surface area contributed by atoms with Gasteiger partial charge in [0.25, 0.3) is 0 Å². The summed E-state index contributed by atoms with van der Waals surface area (Å²) < 4.78 is 12.8. The highest BCUT2D eigenvalue weighted by molar-refractivity contribution is 5.93. The number of anilines is 1. The number of fused-ring (bicyclic) bond motifs is 1. The first-order chi connectivity index (χ1) is 20.2. The molecule has 0 aromatic heterocycles. The minimum atomic E-state index is 0.404. The molecule has 0 aliphatic carbocycles. The van der Waals surface area contributed by atoms with Crippen LogP contribution in [0.4, 0.5) is 5.69 Å². The predicted molar refractivity (Wildman–Crippen MR) is 169 cm³/mol. The Morgan fingerprint density at radius 1 is 0.488 bits per heavy atom. The van der Waals surface area contributed by atoms with Crippen molar-refractivity contribution in [1.29, 1.82) is 0 Å². The van der Waals surface area contributed by atoms with Crippen molar-refractivity contribution in [2.75, 3.05) is 5.73 Å². The number of benzene rings is 6. The average Bonchev–Trinajstić information content (AvgIpc) is 3.03. The van der Waals surface area contributed by atoms with Gasteiger partial charge in [-0.1, -0.05) is 121 Å². The van der Waals surface area contributed by atoms with Crippen LogP contribution in [0.3, 0.4) is 0 Å². The maximum absolute atomic E-state index is 6.98. The molecule has 3 heteroatoms. The maximum Gasteiger partial charge on any atom is 0.151 e. The fraction of sp³-hybridized carbons (Fsp3) is 0.0526. The molecule has 0 aliphatic heterocycles. The molecule has 0 bridgehead atoms. The highest BCUT2D eigenvalue weighted by Gasteiger charge is 2.14. The van der Waals surface area contributed by atoms with E-state index < -0.39 is 0 Å². The van der Waals surface area contributed by atoms with Crippen LogP contribution < -0.4 is 25.6 Å². The molecule has 6 rings (SSSR count). The van der Waals surface area contributed by atoms with Crippen molar-refractivity contribution in [3.63, 3.8) is 0 Å². The van der Waals surface area contributed by atoms with Crippen molar-refractivity contribution >= 4 is 28.6 Å². The maximum atomic E-state index is 6.98. The fourth-order valence-corrected chi connectivity index (χ4v) is 4.96. The molecule has 0 saturated carbocycles. The standard InChI is InChI=1S/C38H31NO2/c39-37-35(23-28-13-5-1-6-14-28)33-22-21-32(40-26-30-17-9-3-10-18-30)25-34(33)36(24-29-15-7-2-8-16-29)38(37)41-27-31-19-11-4-12-20-31/h1-25H,26-27,39H2. The van der Waals surface area contributed by atoms with E-state index in [9.17, 15) is 0 Å². The van der Waals surface area contributed by atoms with Crippen LogP contribution in [0.1, 0.15) is 22.3 Å². The van der Waals surface area contributed by atoms with Crippen molar-refractivity contribution < 1.29 is 9.47 Å². The van der Waals surface area contributed by atoms with E-state index in [1.165, 1.54) is 0 Å². The summed E-state index contributed by atoms with van der Waals surface area (Å²) in [5.41, 5.74) is 11.9. The van der Waals surface area contributed by atoms with Crippen molar-refractivity contribution in [1.82, 2.24) is 0 Å². The van der Waals surface area contributed by atoms with E-state index in [1.54, 1.807) is 0 Å². The van der Waals surface area contributed by atoms with Crippen LogP contribution in [0, 0.1) is 0 Å². The first-order valence-corrected chi connectivity index (χ1v) is 13.8. The number of hydrogen-bond acceptors (Lipinski definition) is 3. The summed E-state index contributed by atoms with van der Waals surface area (Å²) in [5.74, 6) is 1.45. The molecule has 6 aromatic carbocycles. The zero-order valence-electron chi connectivity index (χ0n) is 22.7. The normalized spacial score (nSPS) is 12.0. The quantitative estimate of drug-likeness (QED) is 0.210. The molecule has 0 atom stereocenters. The minimum Gasteiger partial charge on any atom is -0.489 e. The average molecular weight is 534 g/mol. The monoisotopic (exact) mass is 533 g/mol. The smallest absolute Gasteiger partial charge is 0.151 e. The molecule has 3 nitrogen and oxygen atoms in total. The third kappa shape index (κ3) is 6.15. The van der Waals surface area contributed by atoms with E-state index in [0.717, 1.165) is 49.2 Å². The van der Waals surface area contributed by atoms with Gasteiger partial charge < -0.3 is 15.2 Å². The van der Waals surface area contributed by atoms with Gasteiger partial charge in [-0.05, 0) is 63.4 Å². The Labute approximate surface area is 240 Å². The predicted octanol–water partition coefficient (Wildman–Crippen LogP) is 7.24. The van der Waals surface area contributed by atoms with Crippen LogP contribution >= 0.6 is 0 Å². The number of nitrogens with two attached hydrogens (primary N) is 1. The Morgan fingerprint density at radius 2 is 0.976 bits per heavy atom. The lowest BCUT2D eigenvalue weighted by molar-refractivity contribution is 0.305. The molecule has 0 fully saturated rings. The topological polar surface area (TPSA) is 44.5 Å². The van der Waals surface area contributed by atoms with Crippen molar-refractivity contribution in [2.45, 2.75) is 13.2 Å². The third-order valence-corrected chi connectivity index (χ3v) is 7.05. The Balaban J connectivity index is 1.57. The first kappa shape index (κ1) is 26.0. The van der Waals surface area contributed by atoms with Gasteiger partial charge in [0.15, 0.2) is 5.75 Å². The van der Waals surface area contributed by atoms with Crippen LogP contribution in [0.15, 0.2) is 140 Å². The molecule has 0 unspecified atom stereocenters. The van der Waals surface area contributed by atoms with Gasteiger partial charge >= 0.3 is 0 Å². The van der Waals surface area contributed by atoms with Gasteiger partial charge in [-0.3, -0.25) is 0 Å². The molecular weight excluding hydrogens is 502 g/mol. The number of ether oxygens (including phenoxy) is 2. The summed E-state index contributed by atoms with van der Waals surface area (Å²) in [5, 5.41) is 3.90. The van der Waals surface area contributed by atoms with Gasteiger partial charge in [-0.2, -0.15) is 0 Å². The van der Waals surface area contributed by atoms with E-state index in [4.69, 9.17) is 15.2 Å². The third-order valence-electron chi connectivity index (χ3n) is 7.05. The Morgan fingerprint density at radius 3 is 1.54 bits per heavy atom. The molecular formula is C38H31NO2. The van der Waals surface area contributed by atoms with Gasteiger partial charge in [0.2, 0.25) is 0 Å². The number of rotatable bonds is 8. The first-order valence-electron chi connectivity index (χ1n) is 13.8. The van der Waals surface area contributed by atoms with Crippen LogP contribution in [0.5, 0.6) is 11.5 Å². The highest BCUT2D eigenvalue weighted by Crippen LogP contribution is 2.25. The molecule has 41 heavy (non-hydrogen) atoms. The van der Waals surface area contributed by atoms with Crippen molar-refractivity contribution in [3.05, 3.63) is 172 Å². The molecule has 0 spiro atoms. The summed E-state index contributed by atoms with van der Waals surface area (Å²) in [7, 11) is 0. The van der Waals surface area contributed by atoms with E-state index in [0.29, 0.717) is 24.7 Å². The SMILES string of the molecule is Nc1c(OCc2ccccc2)c(=Cc2ccccc2)c2cc(OCc3ccccc3)ccc2c1=Cc1ccccc1. The van der Waals surface area contributed by atoms with E-state index in [2.05, 4.69) is 72.8 Å². The molecule has 0 heterocycles. The second kappa shape index (κ2) is 12.3. The van der Waals surface area contributed by atoms with Gasteiger partial charge in [0, 0.05) is 10.4 Å². The molecule has 2 N–H and O–H groups in total. The van der Waals surface area contributed by atoms with E-state index in [-0.39, 0.29) is 0 Å². The fourth-order valence-electron chi connectivity index (χ4n) is 4.96. The summed E-state index contributed by atoms with van der Waals surface area (Å²) >= 11 is 0. The van der Waals surface area contributed by atoms with Crippen LogP contribution in [-0.4, -0.2) is 0 Å². The highest BCUT2D eigenvalue weighted by atomic mass is 16.5. The lowest BCUT2D eigenvalue weighted by Gasteiger charge is -2.16. The lowest BCUT2D eigenvalue weighted by atomic mass is 9.99. The van der Waals surface area contributed by atoms with Gasteiger partial charge in [-0.25, -0.2) is 0 Å². The zero-order chi connectivity index (χ0) is 27.9.